The molecule has 10 heteroatoms. The minimum absolute atomic E-state index is 0.0400. The second kappa shape index (κ2) is 9.63. The van der Waals surface area contributed by atoms with Crippen LogP contribution < -0.4 is 0 Å². The highest BCUT2D eigenvalue weighted by atomic mass is 19.4. The van der Waals surface area contributed by atoms with Crippen LogP contribution in [0.15, 0.2) is 48.5 Å². The van der Waals surface area contributed by atoms with Gasteiger partial charge in [-0.05, 0) is 29.2 Å². The average molecular weight is 477 g/mol. The molecule has 0 spiro atoms. The summed E-state index contributed by atoms with van der Waals surface area (Å²) < 4.78 is 68.3. The van der Waals surface area contributed by atoms with Gasteiger partial charge in [0.05, 0.1) is 11.6 Å². The summed E-state index contributed by atoms with van der Waals surface area (Å²) in [5, 5.41) is 18.8. The molecule has 5 nitrogen and oxygen atoms in total. The first-order chi connectivity index (χ1) is 16.0. The van der Waals surface area contributed by atoms with Crippen LogP contribution in [0.3, 0.4) is 0 Å². The molecule has 3 rings (SSSR count). The van der Waals surface area contributed by atoms with Gasteiger partial charge < -0.3 is 9.67 Å². The number of aryl methyl sites for hydroxylation is 1. The van der Waals surface area contributed by atoms with Gasteiger partial charge in [0.25, 0.3) is 0 Å². The molecule has 1 N–H and O–H groups in total. The van der Waals surface area contributed by atoms with Crippen molar-refractivity contribution in [1.29, 1.82) is 5.26 Å². The zero-order chi connectivity index (χ0) is 25.1. The van der Waals surface area contributed by atoms with E-state index in [2.05, 4.69) is 11.1 Å². The number of halogens is 5. The number of unbranched alkanes of at least 4 members (excludes halogenated alkanes) is 1. The predicted molar refractivity (Wildman–Crippen MR) is 113 cm³/mol. The van der Waals surface area contributed by atoms with E-state index in [1.165, 1.54) is 0 Å². The Morgan fingerprint density at radius 3 is 2.29 bits per heavy atom. The van der Waals surface area contributed by atoms with Crippen molar-refractivity contribution in [3.8, 4) is 17.2 Å². The maximum Gasteiger partial charge on any atom is 0.459 e. The topological polar surface area (TPSA) is 78.9 Å². The van der Waals surface area contributed by atoms with Gasteiger partial charge in [0.2, 0.25) is 0 Å². The zero-order valence-corrected chi connectivity index (χ0v) is 18.0. The standard InChI is InChI=1S/C24H20F5N3O2/c1-2-3-8-19-31-21(23(25,26)24(27,28)29)20(22(33)34)32(19)14-15-9-11-16(12-10-15)18-7-5-4-6-17(18)13-30/h4-7,9-12H,2-3,8,14H2,1H3,(H,33,34). The Kier molecular flexibility index (Phi) is 7.05. The number of aromatic nitrogens is 2. The highest BCUT2D eigenvalue weighted by Crippen LogP contribution is 2.45. The summed E-state index contributed by atoms with van der Waals surface area (Å²) in [5.41, 5.74) is -0.719. The molecule has 0 aliphatic rings. The number of carboxylic acids is 1. The molecule has 1 aromatic heterocycles. The highest BCUT2D eigenvalue weighted by Gasteiger charge is 2.62. The smallest absolute Gasteiger partial charge is 0.459 e. The van der Waals surface area contributed by atoms with E-state index in [0.29, 0.717) is 35.1 Å². The average Bonchev–Trinajstić information content (AvgIpc) is 3.16. The predicted octanol–water partition coefficient (Wildman–Crippen LogP) is 6.16. The number of aromatic carboxylic acids is 1. The van der Waals surface area contributed by atoms with E-state index in [-0.39, 0.29) is 18.8 Å². The van der Waals surface area contributed by atoms with Gasteiger partial charge in [-0.1, -0.05) is 55.8 Å². The number of hydrogen-bond acceptors (Lipinski definition) is 3. The summed E-state index contributed by atoms with van der Waals surface area (Å²) in [4.78, 5) is 15.3. The number of alkyl halides is 5. The molecule has 3 aromatic rings. The lowest BCUT2D eigenvalue weighted by Crippen LogP contribution is -2.35. The van der Waals surface area contributed by atoms with Crippen LogP contribution in [0.25, 0.3) is 11.1 Å². The highest BCUT2D eigenvalue weighted by molar-refractivity contribution is 5.87. The number of carbonyl (C=O) groups is 1. The first-order valence-electron chi connectivity index (χ1n) is 10.4. The van der Waals surface area contributed by atoms with Crippen LogP contribution in [0.2, 0.25) is 0 Å². The molecule has 0 fully saturated rings. The molecule has 0 aliphatic heterocycles. The molecule has 0 saturated heterocycles. The molecule has 0 amide bonds. The van der Waals surface area contributed by atoms with Crippen LogP contribution in [-0.2, 0) is 18.9 Å². The fraction of sp³-hybridized carbons (Fsp3) is 0.292. The van der Waals surface area contributed by atoms with E-state index in [0.717, 1.165) is 4.57 Å². The molecule has 0 radical (unpaired) electrons. The van der Waals surface area contributed by atoms with Gasteiger partial charge in [-0.15, -0.1) is 0 Å². The third-order valence-electron chi connectivity index (χ3n) is 5.31. The zero-order valence-electron chi connectivity index (χ0n) is 18.0. The number of imidazole rings is 1. The van der Waals surface area contributed by atoms with Gasteiger partial charge in [-0.2, -0.15) is 27.2 Å². The normalized spacial score (nSPS) is 11.9. The molecule has 1 heterocycles. The Balaban J connectivity index is 2.06. The summed E-state index contributed by atoms with van der Waals surface area (Å²) >= 11 is 0. The van der Waals surface area contributed by atoms with Gasteiger partial charge >= 0.3 is 18.1 Å². The second-order valence-electron chi connectivity index (χ2n) is 7.65. The van der Waals surface area contributed by atoms with Gasteiger partial charge in [0, 0.05) is 13.0 Å². The van der Waals surface area contributed by atoms with Crippen LogP contribution >= 0.6 is 0 Å². The summed E-state index contributed by atoms with van der Waals surface area (Å²) in [5.74, 6) is -7.50. The van der Waals surface area contributed by atoms with Crippen LogP contribution in [0, 0.1) is 11.3 Å². The number of benzene rings is 2. The minimum atomic E-state index is -5.99. The van der Waals surface area contributed by atoms with E-state index in [1.54, 1.807) is 55.5 Å². The van der Waals surface area contributed by atoms with E-state index < -0.39 is 29.5 Å². The van der Waals surface area contributed by atoms with Gasteiger partial charge in [-0.25, -0.2) is 9.78 Å². The van der Waals surface area contributed by atoms with Crippen molar-refractivity contribution < 1.29 is 31.9 Å². The Morgan fingerprint density at radius 1 is 1.09 bits per heavy atom. The lowest BCUT2D eigenvalue weighted by atomic mass is 9.99. The fourth-order valence-corrected chi connectivity index (χ4v) is 3.57. The molecule has 178 valence electrons. The minimum Gasteiger partial charge on any atom is -0.477 e. The van der Waals surface area contributed by atoms with Crippen molar-refractivity contribution in [3.63, 3.8) is 0 Å². The molecule has 0 atom stereocenters. The van der Waals surface area contributed by atoms with Crippen LogP contribution in [0.5, 0.6) is 0 Å². The third-order valence-corrected chi connectivity index (χ3v) is 5.31. The van der Waals surface area contributed by atoms with Crippen LogP contribution in [0.1, 0.15) is 52.9 Å². The van der Waals surface area contributed by atoms with Gasteiger partial charge in [-0.3, -0.25) is 0 Å². The summed E-state index contributed by atoms with van der Waals surface area (Å²) in [6.45, 7) is 1.54. The monoisotopic (exact) mass is 477 g/mol. The lowest BCUT2D eigenvalue weighted by Gasteiger charge is -2.18. The van der Waals surface area contributed by atoms with Crippen molar-refractivity contribution in [2.45, 2.75) is 44.8 Å². The molecule has 0 unspecified atom stereocenters. The quantitative estimate of drug-likeness (QED) is 0.394. The number of nitriles is 1. The van der Waals surface area contributed by atoms with Gasteiger partial charge in [0.1, 0.15) is 5.82 Å². The Morgan fingerprint density at radius 2 is 1.74 bits per heavy atom. The van der Waals surface area contributed by atoms with E-state index in [4.69, 9.17) is 0 Å². The first-order valence-corrected chi connectivity index (χ1v) is 10.4. The summed E-state index contributed by atoms with van der Waals surface area (Å²) in [6.07, 6.45) is -4.92. The molecule has 0 aliphatic carbocycles. The van der Waals surface area contributed by atoms with Crippen molar-refractivity contribution in [2.75, 3.05) is 0 Å². The van der Waals surface area contributed by atoms with Crippen molar-refractivity contribution >= 4 is 5.97 Å². The summed E-state index contributed by atoms with van der Waals surface area (Å²) in [6, 6.07) is 15.5. The van der Waals surface area contributed by atoms with Gasteiger partial charge in [0.15, 0.2) is 11.4 Å². The molecule has 2 aromatic carbocycles. The molecular formula is C24H20F5N3O2. The molecule has 0 bridgehead atoms. The Hall–Kier alpha value is -3.74. The largest absolute Gasteiger partial charge is 0.477 e. The maximum absolute atomic E-state index is 14.2. The second-order valence-corrected chi connectivity index (χ2v) is 7.65. The first kappa shape index (κ1) is 24.9. The number of carboxylic acid groups (broad SMARTS) is 1. The van der Waals surface area contributed by atoms with E-state index in [9.17, 15) is 37.1 Å². The third kappa shape index (κ3) is 4.78. The fourth-order valence-electron chi connectivity index (χ4n) is 3.57. The number of nitrogens with zero attached hydrogens (tertiary/aromatic N) is 3. The van der Waals surface area contributed by atoms with Crippen molar-refractivity contribution in [1.82, 2.24) is 9.55 Å². The summed E-state index contributed by atoms with van der Waals surface area (Å²) in [7, 11) is 0. The SMILES string of the molecule is CCCCc1nc(C(F)(F)C(F)(F)F)c(C(=O)O)n1Cc1ccc(-c2ccccc2C#N)cc1. The number of rotatable bonds is 8. The van der Waals surface area contributed by atoms with E-state index in [1.807, 2.05) is 0 Å². The van der Waals surface area contributed by atoms with Crippen molar-refractivity contribution in [2.24, 2.45) is 0 Å². The van der Waals surface area contributed by atoms with Crippen LogP contribution in [0.4, 0.5) is 22.0 Å². The molecule has 34 heavy (non-hydrogen) atoms. The van der Waals surface area contributed by atoms with E-state index >= 15 is 0 Å². The Labute approximate surface area is 192 Å². The van der Waals surface area contributed by atoms with Crippen molar-refractivity contribution in [3.05, 3.63) is 76.9 Å². The maximum atomic E-state index is 14.2. The lowest BCUT2D eigenvalue weighted by molar-refractivity contribution is -0.291. The molecular weight excluding hydrogens is 457 g/mol. The number of hydrogen-bond donors (Lipinski definition) is 1. The molecule has 0 saturated carbocycles. The van der Waals surface area contributed by atoms with Crippen LogP contribution in [-0.4, -0.2) is 26.8 Å². The Bertz CT molecular complexity index is 1220.